The van der Waals surface area contributed by atoms with Gasteiger partial charge in [0.15, 0.2) is 5.70 Å². The number of hydrogen-bond acceptors (Lipinski definition) is 5. The Labute approximate surface area is 163 Å². The highest BCUT2D eigenvalue weighted by atomic mass is 16.6. The van der Waals surface area contributed by atoms with Crippen LogP contribution in [0.3, 0.4) is 0 Å². The fraction of sp³-hybridized carbons (Fsp3) is 0.182. The van der Waals surface area contributed by atoms with Crippen LogP contribution in [0.4, 0.5) is 5.69 Å². The summed E-state index contributed by atoms with van der Waals surface area (Å²) in [6.07, 6.45) is 4.92. The molecule has 0 aromatic heterocycles. The van der Waals surface area contributed by atoms with Crippen LogP contribution in [-0.2, 0) is 14.9 Å². The minimum absolute atomic E-state index is 0.0180. The molecule has 6 heteroatoms. The summed E-state index contributed by atoms with van der Waals surface area (Å²) in [7, 11) is 0. The van der Waals surface area contributed by atoms with Gasteiger partial charge in [-0.05, 0) is 46.4 Å². The molecule has 0 fully saturated rings. The van der Waals surface area contributed by atoms with E-state index in [2.05, 4.69) is 25.8 Å². The number of nitrogens with zero attached hydrogens (tertiary/aromatic N) is 2. The molecule has 1 heterocycles. The number of aliphatic imine (C=N–C) groups is 1. The van der Waals surface area contributed by atoms with Crippen molar-refractivity contribution in [3.8, 4) is 0 Å². The predicted octanol–water partition coefficient (Wildman–Crippen LogP) is 4.90. The lowest BCUT2D eigenvalue weighted by atomic mass is 9.87. The molecule has 0 radical (unpaired) electrons. The quantitative estimate of drug-likeness (QED) is 0.329. The Morgan fingerprint density at radius 1 is 0.964 bits per heavy atom. The second-order valence-electron chi connectivity index (χ2n) is 7.42. The van der Waals surface area contributed by atoms with Gasteiger partial charge in [-0.25, -0.2) is 9.79 Å². The highest BCUT2D eigenvalue weighted by molar-refractivity contribution is 6.11. The van der Waals surface area contributed by atoms with Gasteiger partial charge in [0.2, 0.25) is 5.90 Å². The van der Waals surface area contributed by atoms with Crippen molar-refractivity contribution in [2.75, 3.05) is 0 Å². The zero-order chi connectivity index (χ0) is 20.3. The van der Waals surface area contributed by atoms with E-state index in [-0.39, 0.29) is 22.7 Å². The number of carbonyl (C=O) groups excluding carboxylic acids is 1. The molecule has 3 rings (SSSR count). The van der Waals surface area contributed by atoms with Crippen molar-refractivity contribution in [2.45, 2.75) is 26.2 Å². The summed E-state index contributed by atoms with van der Waals surface area (Å²) < 4.78 is 5.16. The average Bonchev–Trinajstić information content (AvgIpc) is 2.99. The molecule has 1 aliphatic rings. The number of rotatable bonds is 4. The zero-order valence-electron chi connectivity index (χ0n) is 15.9. The first-order valence-electron chi connectivity index (χ1n) is 8.78. The van der Waals surface area contributed by atoms with Crippen molar-refractivity contribution in [1.29, 1.82) is 0 Å². The van der Waals surface area contributed by atoms with Gasteiger partial charge in [-0.3, -0.25) is 10.1 Å². The van der Waals surface area contributed by atoms with Crippen LogP contribution in [0.25, 0.3) is 12.2 Å². The number of cyclic esters (lactones) is 1. The van der Waals surface area contributed by atoms with Gasteiger partial charge in [0.05, 0.1) is 4.92 Å². The highest BCUT2D eigenvalue weighted by Gasteiger charge is 2.21. The van der Waals surface area contributed by atoms with E-state index in [1.807, 2.05) is 24.3 Å². The second-order valence-corrected chi connectivity index (χ2v) is 7.42. The van der Waals surface area contributed by atoms with E-state index in [9.17, 15) is 14.9 Å². The summed E-state index contributed by atoms with van der Waals surface area (Å²) in [4.78, 5) is 26.5. The monoisotopic (exact) mass is 376 g/mol. The molecule has 0 bridgehead atoms. The third-order valence-electron chi connectivity index (χ3n) is 4.24. The van der Waals surface area contributed by atoms with Gasteiger partial charge in [0.25, 0.3) is 5.69 Å². The lowest BCUT2D eigenvalue weighted by Crippen LogP contribution is -2.10. The standard InChI is InChI=1S/C22H20N2O4/c1-22(2,3)17-9-4-16(5-10-17)14-19-21(25)28-20(23-19)13-8-15-6-11-18(12-7-15)24(26)27/h4-14H,1-3H3/b13-8+,19-14-. The lowest BCUT2D eigenvalue weighted by molar-refractivity contribution is -0.384. The maximum absolute atomic E-state index is 12.0. The van der Waals surface area contributed by atoms with Gasteiger partial charge in [-0.15, -0.1) is 0 Å². The molecule has 1 aliphatic heterocycles. The Hall–Kier alpha value is -3.54. The smallest absolute Gasteiger partial charge is 0.363 e. The van der Waals surface area contributed by atoms with E-state index in [4.69, 9.17) is 4.74 Å². The minimum atomic E-state index is -0.511. The Balaban J connectivity index is 1.75. The Kier molecular flexibility index (Phi) is 5.22. The molecule has 0 atom stereocenters. The molecule has 28 heavy (non-hydrogen) atoms. The molecule has 142 valence electrons. The molecular weight excluding hydrogens is 356 g/mol. The molecule has 0 aliphatic carbocycles. The Morgan fingerprint density at radius 3 is 2.14 bits per heavy atom. The molecule has 0 amide bonds. The average molecular weight is 376 g/mol. The van der Waals surface area contributed by atoms with Crippen molar-refractivity contribution >= 4 is 29.7 Å². The summed E-state index contributed by atoms with van der Waals surface area (Å²) in [6.45, 7) is 6.42. The van der Waals surface area contributed by atoms with Crippen molar-refractivity contribution in [3.05, 3.63) is 87.1 Å². The van der Waals surface area contributed by atoms with E-state index < -0.39 is 10.9 Å². The lowest BCUT2D eigenvalue weighted by Gasteiger charge is -2.18. The van der Waals surface area contributed by atoms with Gasteiger partial charge in [0.1, 0.15) is 0 Å². The first-order chi connectivity index (χ1) is 13.2. The van der Waals surface area contributed by atoms with Gasteiger partial charge >= 0.3 is 5.97 Å². The fourth-order valence-corrected chi connectivity index (χ4v) is 2.61. The maximum Gasteiger partial charge on any atom is 0.363 e. The fourth-order valence-electron chi connectivity index (χ4n) is 2.61. The van der Waals surface area contributed by atoms with E-state index in [1.165, 1.54) is 17.7 Å². The van der Waals surface area contributed by atoms with Crippen LogP contribution in [0.5, 0.6) is 0 Å². The van der Waals surface area contributed by atoms with E-state index in [0.717, 1.165) is 11.1 Å². The van der Waals surface area contributed by atoms with Crippen molar-refractivity contribution in [1.82, 2.24) is 0 Å². The summed E-state index contributed by atoms with van der Waals surface area (Å²) in [5.74, 6) is -0.329. The van der Waals surface area contributed by atoms with E-state index >= 15 is 0 Å². The van der Waals surface area contributed by atoms with Crippen molar-refractivity contribution in [2.24, 2.45) is 4.99 Å². The van der Waals surface area contributed by atoms with Crippen molar-refractivity contribution < 1.29 is 14.5 Å². The van der Waals surface area contributed by atoms with Gasteiger partial charge in [0, 0.05) is 18.2 Å². The molecule has 0 spiro atoms. The zero-order valence-corrected chi connectivity index (χ0v) is 15.9. The van der Waals surface area contributed by atoms with E-state index in [0.29, 0.717) is 0 Å². The SMILES string of the molecule is CC(C)(C)c1ccc(/C=C2N=C(/C=C/c3ccc([N+](=O)[O-])cc3)OC\2=O)cc1. The van der Waals surface area contributed by atoms with Crippen LogP contribution in [0, 0.1) is 10.1 Å². The third kappa shape index (κ3) is 4.59. The van der Waals surface area contributed by atoms with Crippen molar-refractivity contribution in [3.63, 3.8) is 0 Å². The number of nitro groups is 1. The third-order valence-corrected chi connectivity index (χ3v) is 4.24. The Morgan fingerprint density at radius 2 is 1.57 bits per heavy atom. The number of ether oxygens (including phenoxy) is 1. The highest BCUT2D eigenvalue weighted by Crippen LogP contribution is 2.23. The molecule has 0 unspecified atom stereocenters. The summed E-state index contributed by atoms with van der Waals surface area (Å²) in [6, 6.07) is 14.0. The number of benzene rings is 2. The number of nitro benzene ring substituents is 1. The first kappa shape index (κ1) is 19.2. The second kappa shape index (κ2) is 7.60. The van der Waals surface area contributed by atoms with Crippen LogP contribution in [-0.4, -0.2) is 16.8 Å². The molecule has 0 saturated carbocycles. The number of esters is 1. The van der Waals surface area contributed by atoms with Crippen LogP contribution < -0.4 is 0 Å². The topological polar surface area (TPSA) is 81.8 Å². The van der Waals surface area contributed by atoms with E-state index in [1.54, 1.807) is 30.4 Å². The molecule has 0 saturated heterocycles. The summed E-state index contributed by atoms with van der Waals surface area (Å²) in [5.41, 5.74) is 3.12. The minimum Gasteiger partial charge on any atom is -0.403 e. The predicted molar refractivity (Wildman–Crippen MR) is 109 cm³/mol. The number of carbonyl (C=O) groups is 1. The summed E-state index contributed by atoms with van der Waals surface area (Å²) >= 11 is 0. The van der Waals surface area contributed by atoms with Crippen LogP contribution in [0.15, 0.2) is 65.3 Å². The van der Waals surface area contributed by atoms with Gasteiger partial charge < -0.3 is 4.74 Å². The molecule has 6 nitrogen and oxygen atoms in total. The van der Waals surface area contributed by atoms with Gasteiger partial charge in [-0.2, -0.15) is 0 Å². The molecule has 2 aromatic carbocycles. The number of hydrogen-bond donors (Lipinski definition) is 0. The number of non-ortho nitro benzene ring substituents is 1. The largest absolute Gasteiger partial charge is 0.403 e. The molecule has 2 aromatic rings. The van der Waals surface area contributed by atoms with Crippen LogP contribution in [0.2, 0.25) is 0 Å². The summed E-state index contributed by atoms with van der Waals surface area (Å²) in [5, 5.41) is 10.7. The Bertz CT molecular complexity index is 992. The van der Waals surface area contributed by atoms with Crippen LogP contribution >= 0.6 is 0 Å². The molecular formula is C22H20N2O4. The van der Waals surface area contributed by atoms with Crippen LogP contribution in [0.1, 0.15) is 37.5 Å². The molecule has 0 N–H and O–H groups in total. The van der Waals surface area contributed by atoms with Gasteiger partial charge in [-0.1, -0.05) is 45.0 Å². The normalized spacial score (nSPS) is 15.8. The first-order valence-corrected chi connectivity index (χ1v) is 8.78. The maximum atomic E-state index is 12.0.